The SMILES string of the molecule is COc1ccc(CN2CCN(CC(=O)N3CCN(c4ccc(O)cc4)CC3)CC2)cc1. The standard InChI is InChI=1S/C24H32N4O3/c1-31-23-8-2-20(3-9-23)18-25-10-12-26(13-11-25)19-24(30)28-16-14-27(15-17-28)21-4-6-22(29)7-5-21/h2-9,29H,10-19H2,1H3. The van der Waals surface area contributed by atoms with E-state index in [0.717, 1.165) is 70.3 Å². The third kappa shape index (κ3) is 5.68. The Hall–Kier alpha value is -2.77. The zero-order chi connectivity index (χ0) is 21.6. The normalized spacial score (nSPS) is 18.2. The number of nitrogens with zero attached hydrogens (tertiary/aromatic N) is 4. The maximum absolute atomic E-state index is 12.8. The van der Waals surface area contributed by atoms with Crippen molar-refractivity contribution in [1.82, 2.24) is 14.7 Å². The lowest BCUT2D eigenvalue weighted by Gasteiger charge is -2.38. The number of carbonyl (C=O) groups is 1. The molecule has 7 nitrogen and oxygen atoms in total. The molecule has 7 heteroatoms. The van der Waals surface area contributed by atoms with Crippen LogP contribution in [-0.4, -0.2) is 91.7 Å². The summed E-state index contributed by atoms with van der Waals surface area (Å²) in [5.41, 5.74) is 2.38. The summed E-state index contributed by atoms with van der Waals surface area (Å²) >= 11 is 0. The van der Waals surface area contributed by atoms with E-state index in [9.17, 15) is 9.90 Å². The molecule has 2 fully saturated rings. The predicted octanol–water partition coefficient (Wildman–Crippen LogP) is 1.87. The maximum atomic E-state index is 12.8. The molecule has 2 saturated heterocycles. The van der Waals surface area contributed by atoms with E-state index >= 15 is 0 Å². The van der Waals surface area contributed by atoms with Crippen molar-refractivity contribution in [3.63, 3.8) is 0 Å². The van der Waals surface area contributed by atoms with E-state index in [1.54, 1.807) is 19.2 Å². The number of hydrogen-bond acceptors (Lipinski definition) is 6. The lowest BCUT2D eigenvalue weighted by atomic mass is 10.2. The molecule has 0 saturated carbocycles. The molecule has 0 atom stereocenters. The molecule has 0 aliphatic carbocycles. The molecule has 0 bridgehead atoms. The minimum atomic E-state index is 0.231. The number of hydrogen-bond donors (Lipinski definition) is 1. The van der Waals surface area contributed by atoms with E-state index < -0.39 is 0 Å². The molecule has 0 spiro atoms. The summed E-state index contributed by atoms with van der Waals surface area (Å²) in [5.74, 6) is 1.40. The van der Waals surface area contributed by atoms with Gasteiger partial charge in [0.05, 0.1) is 13.7 Å². The highest BCUT2D eigenvalue weighted by Crippen LogP contribution is 2.20. The zero-order valence-corrected chi connectivity index (χ0v) is 18.2. The average molecular weight is 425 g/mol. The molecule has 1 amide bonds. The molecule has 2 aliphatic heterocycles. The molecule has 2 aliphatic rings. The number of rotatable bonds is 6. The van der Waals surface area contributed by atoms with Gasteiger partial charge in [-0.05, 0) is 42.0 Å². The fourth-order valence-electron chi connectivity index (χ4n) is 4.26. The minimum absolute atomic E-state index is 0.231. The number of phenolic OH excluding ortho intramolecular Hbond substituents is 1. The molecular weight excluding hydrogens is 392 g/mol. The third-order valence-corrected chi connectivity index (χ3v) is 6.24. The van der Waals surface area contributed by atoms with Gasteiger partial charge in [0, 0.05) is 64.6 Å². The van der Waals surface area contributed by atoms with Crippen molar-refractivity contribution in [3.8, 4) is 11.5 Å². The van der Waals surface area contributed by atoms with E-state index in [0.29, 0.717) is 6.54 Å². The number of amides is 1. The van der Waals surface area contributed by atoms with Gasteiger partial charge in [0.15, 0.2) is 0 Å². The van der Waals surface area contributed by atoms with Gasteiger partial charge >= 0.3 is 0 Å². The fraction of sp³-hybridized carbons (Fsp3) is 0.458. The number of anilines is 1. The average Bonchev–Trinajstić information content (AvgIpc) is 2.81. The van der Waals surface area contributed by atoms with Crippen LogP contribution in [0, 0.1) is 0 Å². The largest absolute Gasteiger partial charge is 0.508 e. The number of carbonyl (C=O) groups excluding carboxylic acids is 1. The van der Waals surface area contributed by atoms with Crippen LogP contribution >= 0.6 is 0 Å². The Morgan fingerprint density at radius 2 is 1.45 bits per heavy atom. The molecule has 0 radical (unpaired) electrons. The van der Waals surface area contributed by atoms with Crippen LogP contribution < -0.4 is 9.64 Å². The second-order valence-electron chi connectivity index (χ2n) is 8.28. The number of phenols is 1. The highest BCUT2D eigenvalue weighted by Gasteiger charge is 2.25. The van der Waals surface area contributed by atoms with Crippen molar-refractivity contribution in [3.05, 3.63) is 54.1 Å². The molecule has 31 heavy (non-hydrogen) atoms. The molecule has 4 rings (SSSR count). The lowest BCUT2D eigenvalue weighted by molar-refractivity contribution is -0.133. The minimum Gasteiger partial charge on any atom is -0.508 e. The molecule has 2 aromatic rings. The lowest BCUT2D eigenvalue weighted by Crippen LogP contribution is -2.53. The van der Waals surface area contributed by atoms with Gasteiger partial charge < -0.3 is 19.6 Å². The number of aromatic hydroxyl groups is 1. The van der Waals surface area contributed by atoms with Gasteiger partial charge in [-0.3, -0.25) is 14.6 Å². The van der Waals surface area contributed by atoms with Crippen LogP contribution in [0.15, 0.2) is 48.5 Å². The molecular formula is C24H32N4O3. The Morgan fingerprint density at radius 1 is 0.839 bits per heavy atom. The van der Waals surface area contributed by atoms with Gasteiger partial charge in [-0.1, -0.05) is 12.1 Å². The van der Waals surface area contributed by atoms with E-state index in [1.165, 1.54) is 5.56 Å². The summed E-state index contributed by atoms with van der Waals surface area (Å²) < 4.78 is 5.22. The van der Waals surface area contributed by atoms with Crippen molar-refractivity contribution in [2.75, 3.05) is 70.9 Å². The Morgan fingerprint density at radius 3 is 2.06 bits per heavy atom. The monoisotopic (exact) mass is 424 g/mol. The van der Waals surface area contributed by atoms with Crippen molar-refractivity contribution >= 4 is 11.6 Å². The summed E-state index contributed by atoms with van der Waals surface area (Å²) in [4.78, 5) is 21.8. The van der Waals surface area contributed by atoms with Gasteiger partial charge in [-0.15, -0.1) is 0 Å². The quantitative estimate of drug-likeness (QED) is 0.764. The van der Waals surface area contributed by atoms with E-state index in [4.69, 9.17) is 4.74 Å². The Labute approximate surface area is 184 Å². The van der Waals surface area contributed by atoms with Gasteiger partial charge in [0.1, 0.15) is 11.5 Å². The smallest absolute Gasteiger partial charge is 0.236 e. The number of benzene rings is 2. The van der Waals surface area contributed by atoms with Crippen LogP contribution in [-0.2, 0) is 11.3 Å². The third-order valence-electron chi connectivity index (χ3n) is 6.24. The van der Waals surface area contributed by atoms with Crippen LogP contribution in [0.4, 0.5) is 5.69 Å². The first-order valence-corrected chi connectivity index (χ1v) is 11.0. The van der Waals surface area contributed by atoms with Crippen LogP contribution in [0.25, 0.3) is 0 Å². The van der Waals surface area contributed by atoms with Crippen LogP contribution in [0.5, 0.6) is 11.5 Å². The summed E-state index contributed by atoms with van der Waals surface area (Å²) in [7, 11) is 1.69. The summed E-state index contributed by atoms with van der Waals surface area (Å²) in [5, 5.41) is 9.45. The van der Waals surface area contributed by atoms with E-state index in [-0.39, 0.29) is 11.7 Å². The van der Waals surface area contributed by atoms with Gasteiger partial charge in [0.25, 0.3) is 0 Å². The van der Waals surface area contributed by atoms with Gasteiger partial charge in [-0.2, -0.15) is 0 Å². The van der Waals surface area contributed by atoms with Crippen molar-refractivity contribution < 1.29 is 14.6 Å². The second kappa shape index (κ2) is 10.0. The summed E-state index contributed by atoms with van der Waals surface area (Å²) in [6, 6.07) is 15.5. The van der Waals surface area contributed by atoms with E-state index in [1.807, 2.05) is 29.2 Å². The van der Waals surface area contributed by atoms with Crippen LogP contribution in [0.1, 0.15) is 5.56 Å². The highest BCUT2D eigenvalue weighted by molar-refractivity contribution is 5.78. The first kappa shape index (κ1) is 21.5. The van der Waals surface area contributed by atoms with Crippen molar-refractivity contribution in [1.29, 1.82) is 0 Å². The van der Waals surface area contributed by atoms with Crippen LogP contribution in [0.3, 0.4) is 0 Å². The molecule has 1 N–H and O–H groups in total. The fourth-order valence-corrected chi connectivity index (χ4v) is 4.26. The number of piperazine rings is 2. The topological polar surface area (TPSA) is 59.5 Å². The van der Waals surface area contributed by atoms with Crippen molar-refractivity contribution in [2.24, 2.45) is 0 Å². The molecule has 0 unspecified atom stereocenters. The van der Waals surface area contributed by atoms with Gasteiger partial charge in [0.2, 0.25) is 5.91 Å². The predicted molar refractivity (Wildman–Crippen MR) is 122 cm³/mol. The number of methoxy groups -OCH3 is 1. The van der Waals surface area contributed by atoms with Gasteiger partial charge in [-0.25, -0.2) is 0 Å². The number of ether oxygens (including phenoxy) is 1. The zero-order valence-electron chi connectivity index (χ0n) is 18.2. The molecule has 2 heterocycles. The van der Waals surface area contributed by atoms with Crippen molar-refractivity contribution in [2.45, 2.75) is 6.54 Å². The molecule has 166 valence electrons. The molecule has 0 aromatic heterocycles. The Kier molecular flexibility index (Phi) is 6.94. The Balaban J connectivity index is 1.18. The summed E-state index contributed by atoms with van der Waals surface area (Å²) in [6.45, 7) is 8.40. The first-order chi connectivity index (χ1) is 15.1. The highest BCUT2D eigenvalue weighted by atomic mass is 16.5. The maximum Gasteiger partial charge on any atom is 0.236 e. The van der Waals surface area contributed by atoms with Crippen LogP contribution in [0.2, 0.25) is 0 Å². The van der Waals surface area contributed by atoms with E-state index in [2.05, 4.69) is 26.8 Å². The summed E-state index contributed by atoms with van der Waals surface area (Å²) in [6.07, 6.45) is 0. The first-order valence-electron chi connectivity index (χ1n) is 11.0. The molecule has 2 aromatic carbocycles. The Bertz CT molecular complexity index is 840. The second-order valence-corrected chi connectivity index (χ2v) is 8.28.